The van der Waals surface area contributed by atoms with E-state index in [-0.39, 0.29) is 25.3 Å². The first kappa shape index (κ1) is 18.2. The second-order valence-electron chi connectivity index (χ2n) is 5.14. The number of hydrogen-bond donors (Lipinski definition) is 1. The van der Waals surface area contributed by atoms with Crippen LogP contribution < -0.4 is 0 Å². The number of carbonyl (C=O) groups excluding carboxylic acids is 1. The molecule has 0 aliphatic heterocycles. The molecule has 0 fully saturated rings. The van der Waals surface area contributed by atoms with Gasteiger partial charge in [0.1, 0.15) is 5.82 Å². The smallest absolute Gasteiger partial charge is 0.279 e. The van der Waals surface area contributed by atoms with Crippen molar-refractivity contribution in [2.45, 2.75) is 6.54 Å². The van der Waals surface area contributed by atoms with Gasteiger partial charge in [0.25, 0.3) is 5.69 Å². The second-order valence-corrected chi connectivity index (χ2v) is 5.14. The molecule has 1 aromatic carbocycles. The summed E-state index contributed by atoms with van der Waals surface area (Å²) in [5.74, 6) is -1.16. The van der Waals surface area contributed by atoms with E-state index < -0.39 is 22.3 Å². The quantitative estimate of drug-likeness (QED) is 0.471. The first-order valence-corrected chi connectivity index (χ1v) is 7.42. The molecular weight excluding hydrogens is 329 g/mol. The molecule has 1 aromatic heterocycles. The summed E-state index contributed by atoms with van der Waals surface area (Å²) >= 11 is 0. The summed E-state index contributed by atoms with van der Waals surface area (Å²) in [6.45, 7) is 0.114. The monoisotopic (exact) mass is 345 g/mol. The van der Waals surface area contributed by atoms with Crippen LogP contribution in [0.5, 0.6) is 0 Å². The third kappa shape index (κ3) is 5.18. The Hall–Kier alpha value is -3.13. The SMILES string of the molecule is O=C(/C=C/c1ccc(F)cc1[N+](=O)[O-])N(CCO)Cc1cccnc1. The van der Waals surface area contributed by atoms with E-state index in [1.54, 1.807) is 24.5 Å². The second kappa shape index (κ2) is 8.65. The number of aliphatic hydroxyl groups is 1. The average molecular weight is 345 g/mol. The molecule has 1 N–H and O–H groups in total. The zero-order valence-corrected chi connectivity index (χ0v) is 13.2. The van der Waals surface area contributed by atoms with Gasteiger partial charge in [-0.1, -0.05) is 6.07 Å². The van der Waals surface area contributed by atoms with Gasteiger partial charge in [0.2, 0.25) is 5.91 Å². The number of amides is 1. The number of benzene rings is 1. The van der Waals surface area contributed by atoms with Crippen molar-refractivity contribution in [1.29, 1.82) is 0 Å². The van der Waals surface area contributed by atoms with Crippen molar-refractivity contribution in [3.8, 4) is 0 Å². The van der Waals surface area contributed by atoms with E-state index in [2.05, 4.69) is 4.98 Å². The normalized spacial score (nSPS) is 10.8. The summed E-state index contributed by atoms with van der Waals surface area (Å²) in [6, 6.07) is 6.63. The van der Waals surface area contributed by atoms with Crippen LogP contribution in [-0.4, -0.2) is 39.0 Å². The summed E-state index contributed by atoms with van der Waals surface area (Å²) in [5.41, 5.74) is 0.473. The van der Waals surface area contributed by atoms with Gasteiger partial charge in [-0.3, -0.25) is 19.9 Å². The molecule has 0 aliphatic rings. The molecule has 1 amide bonds. The van der Waals surface area contributed by atoms with Crippen LogP contribution >= 0.6 is 0 Å². The summed E-state index contributed by atoms with van der Waals surface area (Å²) in [5, 5.41) is 20.1. The molecule has 1 heterocycles. The highest BCUT2D eigenvalue weighted by Gasteiger charge is 2.15. The van der Waals surface area contributed by atoms with Crippen molar-refractivity contribution in [3.05, 3.63) is 75.9 Å². The van der Waals surface area contributed by atoms with Crippen LogP contribution in [0, 0.1) is 15.9 Å². The number of carbonyl (C=O) groups is 1. The maximum Gasteiger partial charge on any atom is 0.279 e. The van der Waals surface area contributed by atoms with Gasteiger partial charge < -0.3 is 10.0 Å². The Kier molecular flexibility index (Phi) is 6.30. The van der Waals surface area contributed by atoms with Gasteiger partial charge >= 0.3 is 0 Å². The Morgan fingerprint density at radius 2 is 2.20 bits per heavy atom. The lowest BCUT2D eigenvalue weighted by Crippen LogP contribution is -2.31. The molecule has 0 radical (unpaired) electrons. The Balaban J connectivity index is 2.18. The largest absolute Gasteiger partial charge is 0.395 e. The Bertz CT molecular complexity index is 781. The number of halogens is 1. The van der Waals surface area contributed by atoms with Crippen LogP contribution in [-0.2, 0) is 11.3 Å². The van der Waals surface area contributed by atoms with Crippen molar-refractivity contribution in [2.75, 3.05) is 13.2 Å². The highest BCUT2D eigenvalue weighted by molar-refractivity contribution is 5.92. The lowest BCUT2D eigenvalue weighted by molar-refractivity contribution is -0.385. The number of rotatable bonds is 7. The fourth-order valence-corrected chi connectivity index (χ4v) is 2.18. The number of nitro groups is 1. The third-order valence-electron chi connectivity index (χ3n) is 3.37. The molecule has 0 bridgehead atoms. The van der Waals surface area contributed by atoms with Crippen molar-refractivity contribution in [2.24, 2.45) is 0 Å². The molecule has 0 unspecified atom stereocenters. The molecule has 0 aliphatic carbocycles. The molecule has 0 spiro atoms. The summed E-state index contributed by atoms with van der Waals surface area (Å²) < 4.78 is 13.1. The molecular formula is C17H16FN3O4. The summed E-state index contributed by atoms with van der Waals surface area (Å²) in [7, 11) is 0. The lowest BCUT2D eigenvalue weighted by atomic mass is 10.1. The van der Waals surface area contributed by atoms with E-state index in [1.165, 1.54) is 17.0 Å². The molecule has 130 valence electrons. The molecule has 8 heteroatoms. The number of nitro benzene ring substituents is 1. The van der Waals surface area contributed by atoms with Crippen LogP contribution in [0.3, 0.4) is 0 Å². The van der Waals surface area contributed by atoms with Gasteiger partial charge in [0, 0.05) is 31.6 Å². The van der Waals surface area contributed by atoms with Crippen molar-refractivity contribution >= 4 is 17.7 Å². The Morgan fingerprint density at radius 3 is 2.84 bits per heavy atom. The predicted octanol–water partition coefficient (Wildman–Crippen LogP) is 2.16. The number of aromatic nitrogens is 1. The summed E-state index contributed by atoms with van der Waals surface area (Å²) in [4.78, 5) is 27.9. The fraction of sp³-hybridized carbons (Fsp3) is 0.176. The van der Waals surface area contributed by atoms with E-state index in [4.69, 9.17) is 5.11 Å². The predicted molar refractivity (Wildman–Crippen MR) is 88.8 cm³/mol. The number of aliphatic hydroxyl groups excluding tert-OH is 1. The van der Waals surface area contributed by atoms with Crippen molar-refractivity contribution in [1.82, 2.24) is 9.88 Å². The van der Waals surface area contributed by atoms with Crippen LogP contribution in [0.2, 0.25) is 0 Å². The standard InChI is InChI=1S/C17H16FN3O4/c18-15-5-3-14(16(10-15)21(24)25)4-6-17(23)20(8-9-22)12-13-2-1-7-19-11-13/h1-7,10-11,22H,8-9,12H2/b6-4+. The van der Waals surface area contributed by atoms with E-state index in [0.717, 1.165) is 23.8 Å². The van der Waals surface area contributed by atoms with Gasteiger partial charge in [0.15, 0.2) is 0 Å². The Morgan fingerprint density at radius 1 is 1.40 bits per heavy atom. The average Bonchev–Trinajstić information content (AvgIpc) is 2.60. The van der Waals surface area contributed by atoms with E-state index in [9.17, 15) is 19.3 Å². The van der Waals surface area contributed by atoms with Crippen molar-refractivity contribution < 1.29 is 19.2 Å². The Labute approximate surface area is 143 Å². The highest BCUT2D eigenvalue weighted by atomic mass is 19.1. The van der Waals surface area contributed by atoms with Gasteiger partial charge in [0.05, 0.1) is 23.2 Å². The van der Waals surface area contributed by atoms with Gasteiger partial charge in [-0.15, -0.1) is 0 Å². The maximum absolute atomic E-state index is 13.1. The maximum atomic E-state index is 13.1. The van der Waals surface area contributed by atoms with Gasteiger partial charge in [-0.2, -0.15) is 0 Å². The lowest BCUT2D eigenvalue weighted by Gasteiger charge is -2.20. The fourth-order valence-electron chi connectivity index (χ4n) is 2.18. The molecule has 25 heavy (non-hydrogen) atoms. The van der Waals surface area contributed by atoms with Crippen LogP contribution in [0.25, 0.3) is 6.08 Å². The van der Waals surface area contributed by atoms with Gasteiger partial charge in [-0.05, 0) is 29.8 Å². The highest BCUT2D eigenvalue weighted by Crippen LogP contribution is 2.21. The zero-order valence-electron chi connectivity index (χ0n) is 13.2. The summed E-state index contributed by atoms with van der Waals surface area (Å²) in [6.07, 6.45) is 5.63. The number of hydrogen-bond acceptors (Lipinski definition) is 5. The third-order valence-corrected chi connectivity index (χ3v) is 3.37. The van der Waals surface area contributed by atoms with Crippen LogP contribution in [0.15, 0.2) is 48.8 Å². The number of nitrogens with zero attached hydrogens (tertiary/aromatic N) is 3. The molecule has 0 atom stereocenters. The molecule has 2 aromatic rings. The topological polar surface area (TPSA) is 96.6 Å². The first-order valence-electron chi connectivity index (χ1n) is 7.42. The first-order chi connectivity index (χ1) is 12.0. The molecule has 7 nitrogen and oxygen atoms in total. The minimum Gasteiger partial charge on any atom is -0.395 e. The molecule has 2 rings (SSSR count). The minimum atomic E-state index is -0.728. The van der Waals surface area contributed by atoms with E-state index in [0.29, 0.717) is 0 Å². The van der Waals surface area contributed by atoms with Crippen LogP contribution in [0.1, 0.15) is 11.1 Å². The molecule has 0 saturated heterocycles. The number of pyridine rings is 1. The van der Waals surface area contributed by atoms with E-state index in [1.807, 2.05) is 0 Å². The van der Waals surface area contributed by atoms with Crippen molar-refractivity contribution in [3.63, 3.8) is 0 Å². The van der Waals surface area contributed by atoms with E-state index >= 15 is 0 Å². The molecule has 0 saturated carbocycles. The van der Waals surface area contributed by atoms with Gasteiger partial charge in [-0.25, -0.2) is 4.39 Å². The zero-order chi connectivity index (χ0) is 18.2. The minimum absolute atomic E-state index is 0.101. The van der Waals surface area contributed by atoms with Crippen LogP contribution in [0.4, 0.5) is 10.1 Å².